The van der Waals surface area contributed by atoms with Gasteiger partial charge in [0, 0.05) is 5.92 Å². The molecule has 18 heavy (non-hydrogen) atoms. The van der Waals surface area contributed by atoms with Gasteiger partial charge in [0.2, 0.25) is 0 Å². The summed E-state index contributed by atoms with van der Waals surface area (Å²) >= 11 is 6.71. The lowest BCUT2D eigenvalue weighted by Crippen LogP contribution is -2.41. The van der Waals surface area contributed by atoms with Gasteiger partial charge in [0.1, 0.15) is 4.87 Å². The highest BCUT2D eigenvalue weighted by Gasteiger charge is 2.77. The van der Waals surface area contributed by atoms with E-state index in [1.807, 2.05) is 0 Å². The Hall–Kier alpha value is 0.427. The minimum absolute atomic E-state index is 0.252. The van der Waals surface area contributed by atoms with Crippen LogP contribution in [0.1, 0.15) is 46.0 Å². The first-order valence-corrected chi connectivity index (χ1v) is 11.0. The normalized spacial score (nSPS) is 45.7. The van der Waals surface area contributed by atoms with E-state index in [-0.39, 0.29) is 11.0 Å². The fourth-order valence-corrected chi connectivity index (χ4v) is 5.02. The molecular weight excluding hydrogens is 264 g/mol. The fraction of sp³-hybridized carbons (Fsp3) is 1.00. The first kappa shape index (κ1) is 14.8. The minimum atomic E-state index is -1.66. The zero-order chi connectivity index (χ0) is 13.6. The van der Waals surface area contributed by atoms with Crippen LogP contribution in [0.5, 0.6) is 0 Å². The summed E-state index contributed by atoms with van der Waals surface area (Å²) in [7, 11) is -1.66. The van der Waals surface area contributed by atoms with E-state index in [1.165, 1.54) is 19.3 Å². The van der Waals surface area contributed by atoms with Gasteiger partial charge in [-0.05, 0) is 46.3 Å². The molecule has 0 aromatic carbocycles. The Morgan fingerprint density at radius 3 is 2.39 bits per heavy atom. The summed E-state index contributed by atoms with van der Waals surface area (Å²) in [4.78, 5) is -0.334. The summed E-state index contributed by atoms with van der Waals surface area (Å²) in [5, 5.41) is 0. The van der Waals surface area contributed by atoms with Gasteiger partial charge in [0.05, 0.1) is 6.10 Å². The molecule has 4 heteroatoms. The summed E-state index contributed by atoms with van der Waals surface area (Å²) in [5.41, 5.74) is 0. The van der Waals surface area contributed by atoms with Crippen molar-refractivity contribution in [1.29, 1.82) is 0 Å². The topological polar surface area (TPSA) is 18.5 Å². The van der Waals surface area contributed by atoms with Crippen molar-refractivity contribution in [3.05, 3.63) is 0 Å². The SMILES string of the molecule is CC1CCCCCC2C(C)(Cl)C2(O[Si](C)(C)C)O1. The Morgan fingerprint density at radius 2 is 1.78 bits per heavy atom. The van der Waals surface area contributed by atoms with Gasteiger partial charge < -0.3 is 9.16 Å². The first-order valence-electron chi connectivity index (χ1n) is 7.26. The third kappa shape index (κ3) is 2.65. The van der Waals surface area contributed by atoms with Crippen molar-refractivity contribution in [3.63, 3.8) is 0 Å². The molecule has 0 N–H and O–H groups in total. The number of halogens is 1. The van der Waals surface area contributed by atoms with Crippen molar-refractivity contribution in [3.8, 4) is 0 Å². The number of rotatable bonds is 2. The standard InChI is InChI=1S/C14H27ClO2Si/c1-11-9-7-6-8-10-12-13(2,15)14(12,16-11)17-18(3,4)5/h11-12H,6-10H2,1-5H3. The molecule has 0 amide bonds. The highest BCUT2D eigenvalue weighted by Crippen LogP contribution is 2.65. The van der Waals surface area contributed by atoms with Crippen LogP contribution in [0.2, 0.25) is 19.6 Å². The van der Waals surface area contributed by atoms with E-state index in [9.17, 15) is 0 Å². The molecule has 106 valence electrons. The molecule has 2 rings (SSSR count). The molecule has 2 fully saturated rings. The van der Waals surface area contributed by atoms with Crippen molar-refractivity contribution >= 4 is 19.9 Å². The number of hydrogen-bond acceptors (Lipinski definition) is 2. The predicted octanol–water partition coefficient (Wildman–Crippen LogP) is 4.53. The van der Waals surface area contributed by atoms with Gasteiger partial charge in [0.15, 0.2) is 14.1 Å². The molecule has 4 unspecified atom stereocenters. The molecule has 0 radical (unpaired) electrons. The second-order valence-corrected chi connectivity index (χ2v) is 12.3. The third-order valence-electron chi connectivity index (χ3n) is 4.15. The molecule has 0 aromatic rings. The van der Waals surface area contributed by atoms with Gasteiger partial charge in [-0.3, -0.25) is 0 Å². The number of fused-ring (bicyclic) bond motifs is 1. The summed E-state index contributed by atoms with van der Waals surface area (Å²) in [6.45, 7) is 10.9. The van der Waals surface area contributed by atoms with Crippen molar-refractivity contribution in [2.24, 2.45) is 5.92 Å². The van der Waals surface area contributed by atoms with Crippen LogP contribution < -0.4 is 0 Å². The number of ether oxygens (including phenoxy) is 1. The molecule has 1 saturated heterocycles. The monoisotopic (exact) mass is 290 g/mol. The summed E-state index contributed by atoms with van der Waals surface area (Å²) in [6, 6.07) is 0. The van der Waals surface area contributed by atoms with Crippen LogP contribution in [0.3, 0.4) is 0 Å². The summed E-state index contributed by atoms with van der Waals surface area (Å²) in [5.74, 6) is -0.151. The van der Waals surface area contributed by atoms with Crippen molar-refractivity contribution in [2.45, 2.75) is 82.4 Å². The molecular formula is C14H27ClO2Si. The summed E-state index contributed by atoms with van der Waals surface area (Å²) < 4.78 is 12.7. The molecule has 4 atom stereocenters. The van der Waals surface area contributed by atoms with Crippen LogP contribution in [-0.2, 0) is 9.16 Å². The van der Waals surface area contributed by atoms with Crippen LogP contribution in [0.4, 0.5) is 0 Å². The van der Waals surface area contributed by atoms with E-state index in [2.05, 4.69) is 33.5 Å². The van der Waals surface area contributed by atoms with Crippen molar-refractivity contribution < 1.29 is 9.16 Å². The average molecular weight is 291 g/mol. The van der Waals surface area contributed by atoms with Crippen molar-refractivity contribution in [1.82, 2.24) is 0 Å². The Kier molecular flexibility index (Phi) is 3.92. The van der Waals surface area contributed by atoms with E-state index >= 15 is 0 Å². The predicted molar refractivity (Wildman–Crippen MR) is 78.5 cm³/mol. The second kappa shape index (κ2) is 4.76. The van der Waals surface area contributed by atoms with Gasteiger partial charge in [0.25, 0.3) is 0 Å². The second-order valence-electron chi connectivity index (χ2n) is 7.08. The number of alkyl halides is 1. The first-order chi connectivity index (χ1) is 8.19. The van der Waals surface area contributed by atoms with E-state index in [4.69, 9.17) is 20.8 Å². The third-order valence-corrected chi connectivity index (χ3v) is 5.59. The average Bonchev–Trinajstić information content (AvgIpc) is 2.60. The molecule has 0 aromatic heterocycles. The van der Waals surface area contributed by atoms with Crippen LogP contribution in [0.15, 0.2) is 0 Å². The maximum atomic E-state index is 6.71. The zero-order valence-corrected chi connectivity index (χ0v) is 14.1. The van der Waals surface area contributed by atoms with Crippen LogP contribution >= 0.6 is 11.6 Å². The Morgan fingerprint density at radius 1 is 1.17 bits per heavy atom. The molecule has 2 nitrogen and oxygen atoms in total. The minimum Gasteiger partial charge on any atom is -0.389 e. The van der Waals surface area contributed by atoms with E-state index < -0.39 is 14.1 Å². The lowest BCUT2D eigenvalue weighted by Gasteiger charge is -2.31. The fourth-order valence-electron chi connectivity index (χ4n) is 3.23. The van der Waals surface area contributed by atoms with Crippen LogP contribution in [0, 0.1) is 5.92 Å². The molecule has 1 saturated carbocycles. The largest absolute Gasteiger partial charge is 0.389 e. The van der Waals surface area contributed by atoms with Crippen LogP contribution in [-0.4, -0.2) is 25.1 Å². The highest BCUT2D eigenvalue weighted by molar-refractivity contribution is 6.70. The van der Waals surface area contributed by atoms with Gasteiger partial charge in [-0.15, -0.1) is 11.6 Å². The molecule has 1 aliphatic carbocycles. The van der Waals surface area contributed by atoms with Gasteiger partial charge in [-0.1, -0.05) is 19.3 Å². The maximum Gasteiger partial charge on any atom is 0.187 e. The van der Waals surface area contributed by atoms with E-state index in [1.54, 1.807) is 0 Å². The molecule has 2 aliphatic rings. The Labute approximate surface area is 118 Å². The smallest absolute Gasteiger partial charge is 0.187 e. The van der Waals surface area contributed by atoms with Crippen molar-refractivity contribution in [2.75, 3.05) is 0 Å². The highest BCUT2D eigenvalue weighted by atomic mass is 35.5. The van der Waals surface area contributed by atoms with Gasteiger partial charge in [-0.25, -0.2) is 0 Å². The van der Waals surface area contributed by atoms with Crippen LogP contribution in [0.25, 0.3) is 0 Å². The quantitative estimate of drug-likeness (QED) is 0.549. The Balaban J connectivity index is 2.21. The number of hydrogen-bond donors (Lipinski definition) is 0. The lowest BCUT2D eigenvalue weighted by molar-refractivity contribution is -0.158. The molecule has 0 spiro atoms. The summed E-state index contributed by atoms with van der Waals surface area (Å²) in [6.07, 6.45) is 6.31. The van der Waals surface area contributed by atoms with E-state index in [0.29, 0.717) is 5.92 Å². The zero-order valence-electron chi connectivity index (χ0n) is 12.4. The maximum absolute atomic E-state index is 6.71. The van der Waals surface area contributed by atoms with E-state index in [0.717, 1.165) is 12.8 Å². The van der Waals surface area contributed by atoms with Gasteiger partial charge in [-0.2, -0.15) is 0 Å². The molecule has 1 aliphatic heterocycles. The Bertz CT molecular complexity index is 313. The lowest BCUT2D eigenvalue weighted by atomic mass is 10.1. The molecule has 0 bridgehead atoms. The molecule has 1 heterocycles. The van der Waals surface area contributed by atoms with Gasteiger partial charge >= 0.3 is 0 Å².